The summed E-state index contributed by atoms with van der Waals surface area (Å²) in [6.45, 7) is 7.80. The van der Waals surface area contributed by atoms with Gasteiger partial charge in [0.25, 0.3) is 0 Å². The van der Waals surface area contributed by atoms with Crippen LogP contribution in [0.25, 0.3) is 10.9 Å². The number of likely N-dealkylation sites (tertiary alicyclic amines) is 1. The van der Waals surface area contributed by atoms with E-state index in [1.807, 2.05) is 60.7 Å². The molecule has 0 bridgehead atoms. The number of Topliss-reactive ketones (excluding diaryl/α,β-unsaturated/α-hetero) is 1. The van der Waals surface area contributed by atoms with E-state index in [9.17, 15) is 9.59 Å². The molecule has 3 rings (SSSR count). The fraction of sp³-hybridized carbons (Fsp3) is 0.500. The van der Waals surface area contributed by atoms with Gasteiger partial charge >= 0.3 is 0 Å². The van der Waals surface area contributed by atoms with E-state index in [1.165, 1.54) is 6.42 Å². The molecule has 24 heavy (non-hydrogen) atoms. The van der Waals surface area contributed by atoms with Crippen LogP contribution < -0.4 is 0 Å². The van der Waals surface area contributed by atoms with Gasteiger partial charge < -0.3 is 9.47 Å². The van der Waals surface area contributed by atoms with Gasteiger partial charge in [0.1, 0.15) is 6.54 Å². The lowest BCUT2D eigenvalue weighted by molar-refractivity contribution is -0.132. The number of rotatable bonds is 3. The highest BCUT2D eigenvalue weighted by molar-refractivity contribution is 6.10. The van der Waals surface area contributed by atoms with Crippen molar-refractivity contribution in [3.8, 4) is 0 Å². The van der Waals surface area contributed by atoms with E-state index in [0.29, 0.717) is 12.1 Å². The van der Waals surface area contributed by atoms with Crippen LogP contribution in [-0.4, -0.2) is 34.2 Å². The normalized spacial score (nSPS) is 15.7. The third-order valence-electron chi connectivity index (χ3n) is 4.73. The minimum absolute atomic E-state index is 0.114. The largest absolute Gasteiger partial charge is 0.341 e. The Kier molecular flexibility index (Phi) is 4.48. The smallest absolute Gasteiger partial charge is 0.242 e. The van der Waals surface area contributed by atoms with Gasteiger partial charge in [0.2, 0.25) is 5.91 Å². The molecule has 128 valence electrons. The topological polar surface area (TPSA) is 42.3 Å². The molecule has 2 heterocycles. The number of benzene rings is 1. The van der Waals surface area contributed by atoms with E-state index in [4.69, 9.17) is 0 Å². The summed E-state index contributed by atoms with van der Waals surface area (Å²) in [5, 5.41) is 0.934. The first-order valence-electron chi connectivity index (χ1n) is 8.78. The van der Waals surface area contributed by atoms with Gasteiger partial charge in [-0.3, -0.25) is 9.59 Å². The highest BCUT2D eigenvalue weighted by atomic mass is 16.2. The summed E-state index contributed by atoms with van der Waals surface area (Å²) >= 11 is 0. The Bertz CT molecular complexity index is 762. The van der Waals surface area contributed by atoms with Gasteiger partial charge in [-0.2, -0.15) is 0 Å². The van der Waals surface area contributed by atoms with Crippen molar-refractivity contribution in [2.75, 3.05) is 13.1 Å². The lowest BCUT2D eigenvalue weighted by atomic mass is 9.86. The number of hydrogen-bond donors (Lipinski definition) is 0. The number of hydrogen-bond acceptors (Lipinski definition) is 2. The van der Waals surface area contributed by atoms with Crippen molar-refractivity contribution in [3.05, 3.63) is 36.0 Å². The van der Waals surface area contributed by atoms with Crippen LogP contribution in [0.5, 0.6) is 0 Å². The van der Waals surface area contributed by atoms with Gasteiger partial charge in [-0.15, -0.1) is 0 Å². The van der Waals surface area contributed by atoms with Crippen molar-refractivity contribution < 1.29 is 9.59 Å². The summed E-state index contributed by atoms with van der Waals surface area (Å²) in [6.07, 6.45) is 5.25. The monoisotopic (exact) mass is 326 g/mol. The molecular weight excluding hydrogens is 300 g/mol. The second-order valence-electron chi connectivity index (χ2n) is 7.71. The molecule has 1 amide bonds. The summed E-state index contributed by atoms with van der Waals surface area (Å²) in [6, 6.07) is 7.85. The molecule has 0 radical (unpaired) electrons. The average molecular weight is 326 g/mol. The summed E-state index contributed by atoms with van der Waals surface area (Å²) in [7, 11) is 0. The maximum Gasteiger partial charge on any atom is 0.242 e. The number of ketones is 1. The Hall–Kier alpha value is -2.10. The summed E-state index contributed by atoms with van der Waals surface area (Å²) in [5.41, 5.74) is 1.23. The highest BCUT2D eigenvalue weighted by Crippen LogP contribution is 2.28. The van der Waals surface area contributed by atoms with Gasteiger partial charge in [-0.25, -0.2) is 0 Å². The van der Waals surface area contributed by atoms with Gasteiger partial charge in [0.05, 0.1) is 0 Å². The van der Waals surface area contributed by atoms with Gasteiger partial charge in [-0.1, -0.05) is 39.0 Å². The quantitative estimate of drug-likeness (QED) is 0.803. The van der Waals surface area contributed by atoms with Crippen molar-refractivity contribution in [2.24, 2.45) is 5.41 Å². The van der Waals surface area contributed by atoms with Gasteiger partial charge in [0, 0.05) is 41.2 Å². The Morgan fingerprint density at radius 3 is 2.38 bits per heavy atom. The Morgan fingerprint density at radius 1 is 1.04 bits per heavy atom. The van der Waals surface area contributed by atoms with Gasteiger partial charge in [0.15, 0.2) is 5.78 Å². The van der Waals surface area contributed by atoms with Crippen LogP contribution in [0.3, 0.4) is 0 Å². The fourth-order valence-electron chi connectivity index (χ4n) is 3.35. The second-order valence-corrected chi connectivity index (χ2v) is 7.71. The maximum absolute atomic E-state index is 12.8. The number of amides is 1. The molecule has 0 saturated carbocycles. The SMILES string of the molecule is CC(C)(C)C(=O)c1cn(CC(=O)N2CCCCC2)c2ccccc12. The Labute approximate surface area is 143 Å². The van der Waals surface area contributed by atoms with Crippen molar-refractivity contribution in [2.45, 2.75) is 46.6 Å². The second kappa shape index (κ2) is 6.42. The van der Waals surface area contributed by atoms with Crippen LogP contribution >= 0.6 is 0 Å². The van der Waals surface area contributed by atoms with Crippen LogP contribution in [0.15, 0.2) is 30.5 Å². The van der Waals surface area contributed by atoms with Crippen LogP contribution in [0.2, 0.25) is 0 Å². The molecule has 0 N–H and O–H groups in total. The number of piperidine rings is 1. The van der Waals surface area contributed by atoms with E-state index < -0.39 is 5.41 Å². The van der Waals surface area contributed by atoms with Crippen molar-refractivity contribution in [1.82, 2.24) is 9.47 Å². The van der Waals surface area contributed by atoms with Gasteiger partial charge in [-0.05, 0) is 25.3 Å². The van der Waals surface area contributed by atoms with Crippen molar-refractivity contribution in [1.29, 1.82) is 0 Å². The first-order valence-corrected chi connectivity index (χ1v) is 8.78. The van der Waals surface area contributed by atoms with E-state index in [-0.39, 0.29) is 11.7 Å². The molecular formula is C20H26N2O2. The molecule has 1 aliphatic rings. The molecule has 1 saturated heterocycles. The number of aromatic nitrogens is 1. The van der Waals surface area contributed by atoms with E-state index in [2.05, 4.69) is 0 Å². The summed E-state index contributed by atoms with van der Waals surface area (Å²) in [4.78, 5) is 27.3. The predicted octanol–water partition coefficient (Wildman–Crippen LogP) is 3.88. The van der Waals surface area contributed by atoms with Crippen LogP contribution in [0.4, 0.5) is 0 Å². The van der Waals surface area contributed by atoms with Crippen LogP contribution in [-0.2, 0) is 11.3 Å². The van der Waals surface area contributed by atoms with Crippen molar-refractivity contribution >= 4 is 22.6 Å². The lowest BCUT2D eigenvalue weighted by Gasteiger charge is -2.27. The molecule has 0 aliphatic carbocycles. The number of nitrogens with zero attached hydrogens (tertiary/aromatic N) is 2. The third kappa shape index (κ3) is 3.23. The average Bonchev–Trinajstić information content (AvgIpc) is 2.93. The first kappa shape index (κ1) is 16.7. The standard InChI is InChI=1S/C20H26N2O2/c1-20(2,3)19(24)16-13-22(17-10-6-5-9-15(16)17)14-18(23)21-11-7-4-8-12-21/h5-6,9-10,13H,4,7-8,11-12,14H2,1-3H3. The highest BCUT2D eigenvalue weighted by Gasteiger charge is 2.27. The molecule has 4 heteroatoms. The minimum Gasteiger partial charge on any atom is -0.341 e. The van der Waals surface area contributed by atoms with Crippen LogP contribution in [0, 0.1) is 5.41 Å². The Balaban J connectivity index is 1.94. The first-order chi connectivity index (χ1) is 11.4. The zero-order valence-corrected chi connectivity index (χ0v) is 14.8. The molecule has 1 fully saturated rings. The molecule has 1 aromatic carbocycles. The maximum atomic E-state index is 12.8. The molecule has 1 aliphatic heterocycles. The lowest BCUT2D eigenvalue weighted by Crippen LogP contribution is -2.37. The number of para-hydroxylation sites is 1. The number of fused-ring (bicyclic) bond motifs is 1. The van der Waals surface area contributed by atoms with Crippen LogP contribution in [0.1, 0.15) is 50.4 Å². The molecule has 0 unspecified atom stereocenters. The predicted molar refractivity (Wildman–Crippen MR) is 96.2 cm³/mol. The molecule has 0 atom stereocenters. The Morgan fingerprint density at radius 2 is 1.71 bits per heavy atom. The number of carbonyl (C=O) groups is 2. The summed E-state index contributed by atoms with van der Waals surface area (Å²) in [5.74, 6) is 0.257. The number of carbonyl (C=O) groups excluding carboxylic acids is 2. The molecule has 0 spiro atoms. The van der Waals surface area contributed by atoms with Crippen molar-refractivity contribution in [3.63, 3.8) is 0 Å². The van der Waals surface area contributed by atoms with E-state index in [0.717, 1.165) is 36.8 Å². The third-order valence-corrected chi connectivity index (χ3v) is 4.73. The molecule has 1 aromatic heterocycles. The zero-order chi connectivity index (χ0) is 17.3. The zero-order valence-electron chi connectivity index (χ0n) is 14.8. The fourth-order valence-corrected chi connectivity index (χ4v) is 3.35. The molecule has 4 nitrogen and oxygen atoms in total. The van der Waals surface area contributed by atoms with E-state index in [1.54, 1.807) is 0 Å². The minimum atomic E-state index is -0.439. The summed E-state index contributed by atoms with van der Waals surface area (Å²) < 4.78 is 1.94. The van der Waals surface area contributed by atoms with E-state index >= 15 is 0 Å². The molecule has 2 aromatic rings.